The summed E-state index contributed by atoms with van der Waals surface area (Å²) in [4.78, 5) is 0. The summed E-state index contributed by atoms with van der Waals surface area (Å²) in [6.07, 6.45) is -0.0644. The van der Waals surface area contributed by atoms with Gasteiger partial charge in [-0.3, -0.25) is 0 Å². The van der Waals surface area contributed by atoms with Crippen molar-refractivity contribution in [2.24, 2.45) is 11.7 Å². The molecule has 0 saturated carbocycles. The molecule has 60 valence electrons. The fraction of sp³-hybridized carbons (Fsp3) is 1.00. The molecule has 10 heavy (non-hydrogen) atoms. The van der Waals surface area contributed by atoms with Crippen LogP contribution < -0.4 is 5.73 Å². The highest BCUT2D eigenvalue weighted by Crippen LogP contribution is 2.20. The summed E-state index contributed by atoms with van der Waals surface area (Å²) in [6, 6.07) is -0.355. The summed E-state index contributed by atoms with van der Waals surface area (Å²) in [7, 11) is 0. The minimum absolute atomic E-state index is 0.0417. The molecule has 1 saturated heterocycles. The van der Waals surface area contributed by atoms with Crippen molar-refractivity contribution in [1.29, 1.82) is 0 Å². The largest absolute Gasteiger partial charge is 0.381 e. The van der Waals surface area contributed by atoms with Crippen LogP contribution in [0.4, 0.5) is 4.39 Å². The Bertz CT molecular complexity index is 102. The Hall–Kier alpha value is -0.150. The first-order valence-electron chi connectivity index (χ1n) is 3.69. The quantitative estimate of drug-likeness (QED) is 0.624. The second-order valence-corrected chi connectivity index (χ2v) is 2.93. The summed E-state index contributed by atoms with van der Waals surface area (Å²) >= 11 is 0. The molecule has 0 spiro atoms. The van der Waals surface area contributed by atoms with E-state index in [2.05, 4.69) is 0 Å². The Kier molecular flexibility index (Phi) is 2.63. The van der Waals surface area contributed by atoms with Crippen molar-refractivity contribution in [3.63, 3.8) is 0 Å². The van der Waals surface area contributed by atoms with Crippen LogP contribution >= 0.6 is 0 Å². The van der Waals surface area contributed by atoms with Gasteiger partial charge in [0.1, 0.15) is 6.17 Å². The number of hydrogen-bond acceptors (Lipinski definition) is 2. The number of hydrogen-bond donors (Lipinski definition) is 1. The maximum absolute atomic E-state index is 13.0. The molecule has 3 heteroatoms. The molecule has 0 aromatic heterocycles. The van der Waals surface area contributed by atoms with Gasteiger partial charge in [-0.2, -0.15) is 0 Å². The summed E-state index contributed by atoms with van der Waals surface area (Å²) < 4.78 is 18.1. The van der Waals surface area contributed by atoms with Gasteiger partial charge in [0, 0.05) is 18.6 Å². The molecule has 0 aliphatic carbocycles. The average Bonchev–Trinajstić information content (AvgIpc) is 2.36. The van der Waals surface area contributed by atoms with Gasteiger partial charge in [-0.15, -0.1) is 0 Å². The summed E-state index contributed by atoms with van der Waals surface area (Å²) in [6.45, 7) is 2.93. The van der Waals surface area contributed by atoms with Crippen LogP contribution in [0.15, 0.2) is 0 Å². The Morgan fingerprint density at radius 3 is 2.80 bits per heavy atom. The van der Waals surface area contributed by atoms with Crippen LogP contribution in [0, 0.1) is 5.92 Å². The van der Waals surface area contributed by atoms with E-state index in [1.807, 2.05) is 0 Å². The topological polar surface area (TPSA) is 35.2 Å². The second kappa shape index (κ2) is 3.30. The molecule has 0 bridgehead atoms. The highest BCUT2D eigenvalue weighted by atomic mass is 19.1. The normalized spacial score (nSPS) is 32.1. The molecule has 1 aliphatic rings. The van der Waals surface area contributed by atoms with Crippen LogP contribution in [0.3, 0.4) is 0 Å². The summed E-state index contributed by atoms with van der Waals surface area (Å²) in [5.74, 6) is 0.0417. The van der Waals surface area contributed by atoms with Gasteiger partial charge in [0.15, 0.2) is 0 Å². The van der Waals surface area contributed by atoms with E-state index in [9.17, 15) is 4.39 Å². The van der Waals surface area contributed by atoms with Gasteiger partial charge in [0.2, 0.25) is 0 Å². The fourth-order valence-corrected chi connectivity index (χ4v) is 1.23. The molecule has 1 fully saturated rings. The summed E-state index contributed by atoms with van der Waals surface area (Å²) in [5.41, 5.74) is 5.39. The van der Waals surface area contributed by atoms with Crippen LogP contribution in [0.1, 0.15) is 13.3 Å². The van der Waals surface area contributed by atoms with E-state index in [1.54, 1.807) is 6.92 Å². The van der Waals surface area contributed by atoms with Gasteiger partial charge < -0.3 is 10.5 Å². The van der Waals surface area contributed by atoms with Crippen molar-refractivity contribution in [2.45, 2.75) is 25.6 Å². The molecule has 2 nitrogen and oxygen atoms in total. The second-order valence-electron chi connectivity index (χ2n) is 2.93. The number of nitrogens with two attached hydrogens (primary N) is 1. The molecule has 2 N–H and O–H groups in total. The highest BCUT2D eigenvalue weighted by Gasteiger charge is 2.27. The van der Waals surface area contributed by atoms with Gasteiger partial charge in [-0.1, -0.05) is 0 Å². The Balaban J connectivity index is 2.32. The third-order valence-electron chi connectivity index (χ3n) is 1.92. The van der Waals surface area contributed by atoms with Crippen molar-refractivity contribution in [1.82, 2.24) is 0 Å². The highest BCUT2D eigenvalue weighted by molar-refractivity contribution is 4.78. The predicted molar refractivity (Wildman–Crippen MR) is 37.5 cm³/mol. The van der Waals surface area contributed by atoms with Crippen LogP contribution in [0.2, 0.25) is 0 Å². The van der Waals surface area contributed by atoms with Crippen LogP contribution in [0.25, 0.3) is 0 Å². The molecule has 1 rings (SSSR count). The van der Waals surface area contributed by atoms with E-state index in [4.69, 9.17) is 10.5 Å². The van der Waals surface area contributed by atoms with Gasteiger partial charge >= 0.3 is 0 Å². The van der Waals surface area contributed by atoms with Gasteiger partial charge in [-0.05, 0) is 13.3 Å². The molecule has 0 radical (unpaired) electrons. The lowest BCUT2D eigenvalue weighted by molar-refractivity contribution is 0.145. The summed E-state index contributed by atoms with van der Waals surface area (Å²) in [5, 5.41) is 0. The first-order chi connectivity index (χ1) is 4.72. The van der Waals surface area contributed by atoms with Crippen LogP contribution in [-0.2, 0) is 4.74 Å². The molecule has 0 amide bonds. The smallest absolute Gasteiger partial charge is 0.120 e. The zero-order valence-corrected chi connectivity index (χ0v) is 6.22. The Morgan fingerprint density at radius 2 is 2.40 bits per heavy atom. The van der Waals surface area contributed by atoms with E-state index >= 15 is 0 Å². The van der Waals surface area contributed by atoms with E-state index in [-0.39, 0.29) is 12.0 Å². The van der Waals surface area contributed by atoms with Crippen LogP contribution in [-0.4, -0.2) is 25.4 Å². The van der Waals surface area contributed by atoms with E-state index in [0.29, 0.717) is 13.2 Å². The van der Waals surface area contributed by atoms with E-state index in [1.165, 1.54) is 0 Å². The lowest BCUT2D eigenvalue weighted by Crippen LogP contribution is -2.34. The maximum Gasteiger partial charge on any atom is 0.120 e. The molecular formula is C7H14FNO. The average molecular weight is 147 g/mol. The van der Waals surface area contributed by atoms with Crippen molar-refractivity contribution >= 4 is 0 Å². The zero-order chi connectivity index (χ0) is 7.56. The number of ether oxygens (including phenoxy) is 1. The lowest BCUT2D eigenvalue weighted by atomic mass is 9.98. The zero-order valence-electron chi connectivity index (χ0n) is 6.22. The molecule has 1 heterocycles. The fourth-order valence-electron chi connectivity index (χ4n) is 1.23. The first-order valence-corrected chi connectivity index (χ1v) is 3.69. The van der Waals surface area contributed by atoms with Crippen molar-refractivity contribution in [2.75, 3.05) is 13.2 Å². The van der Waals surface area contributed by atoms with E-state index in [0.717, 1.165) is 6.42 Å². The van der Waals surface area contributed by atoms with Crippen molar-refractivity contribution in [3.05, 3.63) is 0 Å². The first kappa shape index (κ1) is 7.95. The standard InChI is InChI=1S/C7H14FNO/c1-5(9)7(8)6-2-3-10-4-6/h5-7H,2-4,9H2,1H3. The molecular weight excluding hydrogens is 133 g/mol. The number of halogens is 1. The lowest BCUT2D eigenvalue weighted by Gasteiger charge is -2.16. The van der Waals surface area contributed by atoms with Gasteiger partial charge in [0.25, 0.3) is 0 Å². The van der Waals surface area contributed by atoms with Crippen molar-refractivity contribution < 1.29 is 9.13 Å². The van der Waals surface area contributed by atoms with Gasteiger partial charge in [-0.25, -0.2) is 4.39 Å². The number of rotatable bonds is 2. The minimum atomic E-state index is -0.887. The van der Waals surface area contributed by atoms with Gasteiger partial charge in [0.05, 0.1) is 6.61 Å². The Labute approximate surface area is 60.5 Å². The third kappa shape index (κ3) is 1.67. The predicted octanol–water partition coefficient (Wildman–Crippen LogP) is 0.708. The third-order valence-corrected chi connectivity index (χ3v) is 1.92. The van der Waals surface area contributed by atoms with Crippen LogP contribution in [0.5, 0.6) is 0 Å². The SMILES string of the molecule is CC(N)C(F)C1CCOC1. The molecule has 1 aliphatic heterocycles. The molecule has 3 unspecified atom stereocenters. The molecule has 3 atom stereocenters. The number of alkyl halides is 1. The monoisotopic (exact) mass is 147 g/mol. The minimum Gasteiger partial charge on any atom is -0.381 e. The molecule has 0 aromatic carbocycles. The Morgan fingerprint density at radius 1 is 1.70 bits per heavy atom. The van der Waals surface area contributed by atoms with E-state index < -0.39 is 6.17 Å². The molecule has 0 aromatic rings. The maximum atomic E-state index is 13.0. The van der Waals surface area contributed by atoms with Crippen molar-refractivity contribution in [3.8, 4) is 0 Å².